The molecule has 0 unspecified atom stereocenters. The number of halogens is 1. The molecule has 3 N–H and O–H groups in total. The van der Waals surface area contributed by atoms with E-state index in [1.54, 1.807) is 6.20 Å². The first-order chi connectivity index (χ1) is 15.3. The summed E-state index contributed by atoms with van der Waals surface area (Å²) < 4.78 is 3.19. The van der Waals surface area contributed by atoms with Crippen LogP contribution in [0.2, 0.25) is 0 Å². The lowest BCUT2D eigenvalue weighted by atomic mass is 10.0. The number of fused-ring (bicyclic) bond motifs is 1. The maximum Gasteiger partial charge on any atom is 0.0922 e. The standard InChI is InChI=1S/C24H27IN6/c25-29-11-8-18-4-3-5-21(14-18)31-12-9-20(10-13-31)27-16-19(15-26)24-17-28-22-6-1-2-7-23(22)30-24/h1-7,14-17,20,26-27,29H,8-13H2/b19-16+,26-15?. The fourth-order valence-electron chi connectivity index (χ4n) is 3.90. The van der Waals surface area contributed by atoms with Gasteiger partial charge in [0.1, 0.15) is 0 Å². The molecule has 1 saturated heterocycles. The second-order valence-electron chi connectivity index (χ2n) is 7.72. The van der Waals surface area contributed by atoms with E-state index in [2.05, 4.69) is 70.8 Å². The Hall–Kier alpha value is -2.52. The van der Waals surface area contributed by atoms with Gasteiger partial charge in [-0.05, 0) is 49.1 Å². The Morgan fingerprint density at radius 1 is 1.13 bits per heavy atom. The minimum atomic E-state index is 0.394. The van der Waals surface area contributed by atoms with Crippen molar-refractivity contribution in [3.63, 3.8) is 0 Å². The predicted octanol–water partition coefficient (Wildman–Crippen LogP) is 4.36. The number of rotatable bonds is 8. The molecule has 4 rings (SSSR count). The summed E-state index contributed by atoms with van der Waals surface area (Å²) in [5.41, 5.74) is 5.86. The highest BCUT2D eigenvalue weighted by Crippen LogP contribution is 2.22. The normalized spacial score (nSPS) is 15.3. The molecule has 0 saturated carbocycles. The maximum absolute atomic E-state index is 7.82. The summed E-state index contributed by atoms with van der Waals surface area (Å²) in [4.78, 5) is 11.6. The number of aromatic nitrogens is 2. The molecule has 2 aromatic carbocycles. The molecule has 0 aliphatic carbocycles. The number of nitrogens with zero attached hydrogens (tertiary/aromatic N) is 3. The number of piperidine rings is 1. The SMILES string of the molecule is N=C/C(=C\NC1CCN(c2cccc(CCNI)c2)CC1)c1cnc2ccccc2n1. The zero-order chi connectivity index (χ0) is 21.5. The Labute approximate surface area is 197 Å². The van der Waals surface area contributed by atoms with Crippen molar-refractivity contribution in [2.45, 2.75) is 25.3 Å². The zero-order valence-electron chi connectivity index (χ0n) is 17.4. The van der Waals surface area contributed by atoms with Crippen LogP contribution in [0.1, 0.15) is 24.1 Å². The third kappa shape index (κ3) is 5.59. The van der Waals surface area contributed by atoms with Crippen molar-refractivity contribution in [3.8, 4) is 0 Å². The molecule has 2 heterocycles. The zero-order valence-corrected chi connectivity index (χ0v) is 19.5. The van der Waals surface area contributed by atoms with E-state index in [0.717, 1.165) is 61.2 Å². The van der Waals surface area contributed by atoms with Crippen molar-refractivity contribution in [1.82, 2.24) is 18.8 Å². The summed E-state index contributed by atoms with van der Waals surface area (Å²) >= 11 is 2.20. The van der Waals surface area contributed by atoms with Gasteiger partial charge in [0.2, 0.25) is 0 Å². The Bertz CT molecular complexity index is 1060. The van der Waals surface area contributed by atoms with Crippen LogP contribution in [0, 0.1) is 5.41 Å². The van der Waals surface area contributed by atoms with Crippen molar-refractivity contribution >= 4 is 51.4 Å². The van der Waals surface area contributed by atoms with Crippen molar-refractivity contribution in [2.24, 2.45) is 0 Å². The van der Waals surface area contributed by atoms with Gasteiger partial charge in [0.05, 0.1) is 22.9 Å². The van der Waals surface area contributed by atoms with Crippen molar-refractivity contribution < 1.29 is 0 Å². The van der Waals surface area contributed by atoms with Gasteiger partial charge >= 0.3 is 0 Å². The van der Waals surface area contributed by atoms with Crippen molar-refractivity contribution in [2.75, 3.05) is 24.5 Å². The molecule has 1 aliphatic heterocycles. The first kappa shape index (κ1) is 21.7. The molecule has 0 amide bonds. The van der Waals surface area contributed by atoms with E-state index < -0.39 is 0 Å². The minimum Gasteiger partial charge on any atom is -0.387 e. The van der Waals surface area contributed by atoms with Gasteiger partial charge in [-0.2, -0.15) is 0 Å². The highest BCUT2D eigenvalue weighted by molar-refractivity contribution is 14.1. The molecule has 31 heavy (non-hydrogen) atoms. The molecule has 0 bridgehead atoms. The van der Waals surface area contributed by atoms with Crippen LogP contribution in [0.3, 0.4) is 0 Å². The molecule has 7 heteroatoms. The lowest BCUT2D eigenvalue weighted by Gasteiger charge is -2.34. The van der Waals surface area contributed by atoms with Gasteiger partial charge in [-0.1, -0.05) is 24.3 Å². The Balaban J connectivity index is 1.36. The third-order valence-electron chi connectivity index (χ3n) is 5.65. The number of nitrogens with one attached hydrogen (secondary N) is 3. The van der Waals surface area contributed by atoms with E-state index in [0.29, 0.717) is 6.04 Å². The fraction of sp³-hybridized carbons (Fsp3) is 0.292. The average Bonchev–Trinajstić information content (AvgIpc) is 2.83. The quantitative estimate of drug-likeness (QED) is 0.231. The lowest BCUT2D eigenvalue weighted by molar-refractivity contribution is 0.455. The van der Waals surface area contributed by atoms with Crippen LogP contribution in [-0.2, 0) is 6.42 Å². The van der Waals surface area contributed by atoms with Crippen LogP contribution < -0.4 is 13.7 Å². The van der Waals surface area contributed by atoms with E-state index in [4.69, 9.17) is 5.41 Å². The molecular weight excluding hydrogens is 499 g/mol. The smallest absolute Gasteiger partial charge is 0.0922 e. The second kappa shape index (κ2) is 10.7. The van der Waals surface area contributed by atoms with E-state index >= 15 is 0 Å². The molecule has 6 nitrogen and oxygen atoms in total. The monoisotopic (exact) mass is 526 g/mol. The van der Waals surface area contributed by atoms with Crippen LogP contribution in [0.15, 0.2) is 60.9 Å². The van der Waals surface area contributed by atoms with E-state index in [9.17, 15) is 0 Å². The van der Waals surface area contributed by atoms with Crippen LogP contribution in [0.25, 0.3) is 16.6 Å². The van der Waals surface area contributed by atoms with Crippen LogP contribution >= 0.6 is 22.9 Å². The largest absolute Gasteiger partial charge is 0.387 e. The fourth-order valence-corrected chi connectivity index (χ4v) is 4.17. The molecule has 0 atom stereocenters. The summed E-state index contributed by atoms with van der Waals surface area (Å²) in [6.07, 6.45) is 8.17. The molecule has 3 aromatic rings. The molecule has 1 aliphatic rings. The number of anilines is 1. The predicted molar refractivity (Wildman–Crippen MR) is 137 cm³/mol. The molecule has 0 radical (unpaired) electrons. The number of hydrogen-bond acceptors (Lipinski definition) is 6. The number of benzene rings is 2. The maximum atomic E-state index is 7.82. The van der Waals surface area contributed by atoms with Gasteiger partial charge in [0.25, 0.3) is 0 Å². The number of allylic oxidation sites excluding steroid dienone is 1. The summed E-state index contributed by atoms with van der Waals surface area (Å²) in [5.74, 6) is 0. The van der Waals surface area contributed by atoms with Crippen LogP contribution in [0.4, 0.5) is 5.69 Å². The number of para-hydroxylation sites is 2. The second-order valence-corrected chi connectivity index (χ2v) is 8.48. The first-order valence-electron chi connectivity index (χ1n) is 10.6. The van der Waals surface area contributed by atoms with E-state index in [1.165, 1.54) is 17.5 Å². The molecule has 160 valence electrons. The summed E-state index contributed by atoms with van der Waals surface area (Å²) in [5, 5.41) is 11.3. The van der Waals surface area contributed by atoms with Gasteiger partial charge in [0, 0.05) is 72.2 Å². The highest BCUT2D eigenvalue weighted by atomic mass is 127. The van der Waals surface area contributed by atoms with Gasteiger partial charge in [0.15, 0.2) is 0 Å². The molecule has 1 fully saturated rings. The molecule has 1 aromatic heterocycles. The Morgan fingerprint density at radius 2 is 1.94 bits per heavy atom. The summed E-state index contributed by atoms with van der Waals surface area (Å²) in [6, 6.07) is 17.1. The van der Waals surface area contributed by atoms with Crippen LogP contribution in [0.5, 0.6) is 0 Å². The van der Waals surface area contributed by atoms with E-state index in [-0.39, 0.29) is 0 Å². The summed E-state index contributed by atoms with van der Waals surface area (Å²) in [6.45, 7) is 3.03. The highest BCUT2D eigenvalue weighted by Gasteiger charge is 2.19. The lowest BCUT2D eigenvalue weighted by Crippen LogP contribution is -2.41. The molecular formula is C24H27IN6. The van der Waals surface area contributed by atoms with Gasteiger partial charge < -0.3 is 15.6 Å². The minimum absolute atomic E-state index is 0.394. The van der Waals surface area contributed by atoms with E-state index in [1.807, 2.05) is 30.5 Å². The van der Waals surface area contributed by atoms with Gasteiger partial charge in [-0.25, -0.2) is 4.98 Å². The number of hydrogen-bond donors (Lipinski definition) is 3. The Morgan fingerprint density at radius 3 is 2.71 bits per heavy atom. The third-order valence-corrected chi connectivity index (χ3v) is 6.19. The van der Waals surface area contributed by atoms with Gasteiger partial charge in [-0.3, -0.25) is 8.51 Å². The summed E-state index contributed by atoms with van der Waals surface area (Å²) in [7, 11) is 0. The van der Waals surface area contributed by atoms with Crippen molar-refractivity contribution in [3.05, 3.63) is 72.2 Å². The first-order valence-corrected chi connectivity index (χ1v) is 11.7. The van der Waals surface area contributed by atoms with Crippen LogP contribution in [-0.4, -0.2) is 41.9 Å². The average molecular weight is 526 g/mol. The molecule has 0 spiro atoms. The topological polar surface area (TPSA) is 76.9 Å². The van der Waals surface area contributed by atoms with Gasteiger partial charge in [-0.15, -0.1) is 0 Å². The van der Waals surface area contributed by atoms with Crippen molar-refractivity contribution in [1.29, 1.82) is 5.41 Å². The Kier molecular flexibility index (Phi) is 7.48.